The molecule has 2 aromatic carbocycles. The van der Waals surface area contributed by atoms with Crippen molar-refractivity contribution >= 4 is 29.3 Å². The van der Waals surface area contributed by atoms with Crippen molar-refractivity contribution in [3.8, 4) is 0 Å². The molecule has 132 valence electrons. The molecule has 2 rings (SSSR count). The van der Waals surface area contributed by atoms with Crippen LogP contribution in [0.4, 0.5) is 5.69 Å². The third-order valence-corrected chi connectivity index (χ3v) is 4.82. The smallest absolute Gasteiger partial charge is 0.304 e. The Morgan fingerprint density at radius 3 is 2.56 bits per heavy atom. The number of hydrogen-bond acceptors (Lipinski definition) is 3. The third-order valence-electron chi connectivity index (χ3n) is 3.79. The van der Waals surface area contributed by atoms with E-state index < -0.39 is 5.97 Å². The van der Waals surface area contributed by atoms with E-state index in [0.29, 0.717) is 12.2 Å². The highest BCUT2D eigenvalue weighted by molar-refractivity contribution is 7.98. The molecule has 1 amide bonds. The average molecular weight is 357 g/mol. The lowest BCUT2D eigenvalue weighted by atomic mass is 10.0. The van der Waals surface area contributed by atoms with E-state index in [4.69, 9.17) is 5.11 Å². The molecule has 0 fully saturated rings. The molecule has 4 nitrogen and oxygen atoms in total. The highest BCUT2D eigenvalue weighted by Crippen LogP contribution is 2.18. The van der Waals surface area contributed by atoms with E-state index in [1.807, 2.05) is 42.5 Å². The van der Waals surface area contributed by atoms with E-state index in [9.17, 15) is 9.59 Å². The van der Waals surface area contributed by atoms with E-state index >= 15 is 0 Å². The fourth-order valence-corrected chi connectivity index (χ4v) is 3.42. The molecule has 25 heavy (non-hydrogen) atoms. The van der Waals surface area contributed by atoms with Gasteiger partial charge in [-0.25, -0.2) is 0 Å². The van der Waals surface area contributed by atoms with Gasteiger partial charge in [0.1, 0.15) is 0 Å². The van der Waals surface area contributed by atoms with Gasteiger partial charge in [-0.05, 0) is 35.2 Å². The minimum Gasteiger partial charge on any atom is -0.481 e. The van der Waals surface area contributed by atoms with E-state index in [2.05, 4.69) is 18.3 Å². The van der Waals surface area contributed by atoms with Gasteiger partial charge >= 0.3 is 5.97 Å². The number of hydrogen-bond donors (Lipinski definition) is 2. The number of benzene rings is 2. The number of aryl methyl sites for hydroxylation is 1. The van der Waals surface area contributed by atoms with Crippen molar-refractivity contribution < 1.29 is 14.7 Å². The molecule has 0 spiro atoms. The fourth-order valence-electron chi connectivity index (χ4n) is 2.54. The van der Waals surface area contributed by atoms with Crippen LogP contribution < -0.4 is 5.32 Å². The Kier molecular flexibility index (Phi) is 7.54. The standard InChI is InChI=1S/C20H23NO3S/c1-2-16-7-3-4-8-17(16)13-19(22)21-18-9-5-6-15(12-18)14-25-11-10-20(23)24/h3-9,12H,2,10-11,13-14H2,1H3,(H,21,22)(H,23,24). The molecule has 2 aromatic rings. The van der Waals surface area contributed by atoms with Gasteiger partial charge in [-0.1, -0.05) is 43.3 Å². The van der Waals surface area contributed by atoms with Gasteiger partial charge in [-0.3, -0.25) is 9.59 Å². The number of carboxylic acids is 1. The number of thioether (sulfide) groups is 1. The summed E-state index contributed by atoms with van der Waals surface area (Å²) in [5.74, 6) is 0.507. The van der Waals surface area contributed by atoms with E-state index in [1.165, 1.54) is 5.56 Å². The summed E-state index contributed by atoms with van der Waals surface area (Å²) in [6, 6.07) is 15.7. The Morgan fingerprint density at radius 2 is 1.84 bits per heavy atom. The minimum absolute atomic E-state index is 0.0309. The van der Waals surface area contributed by atoms with Crippen LogP contribution in [0.1, 0.15) is 30.0 Å². The van der Waals surface area contributed by atoms with Crippen LogP contribution in [0.5, 0.6) is 0 Å². The zero-order valence-corrected chi connectivity index (χ0v) is 15.1. The summed E-state index contributed by atoms with van der Waals surface area (Å²) in [6.07, 6.45) is 1.44. The van der Waals surface area contributed by atoms with Crippen LogP contribution in [0, 0.1) is 0 Å². The van der Waals surface area contributed by atoms with Crippen molar-refractivity contribution in [2.45, 2.75) is 31.9 Å². The van der Waals surface area contributed by atoms with Gasteiger partial charge in [0, 0.05) is 17.2 Å². The molecule has 0 unspecified atom stereocenters. The molecule has 0 radical (unpaired) electrons. The Labute approximate surface area is 152 Å². The van der Waals surface area contributed by atoms with Gasteiger partial charge in [0.2, 0.25) is 5.91 Å². The zero-order chi connectivity index (χ0) is 18.1. The number of carbonyl (C=O) groups is 2. The predicted octanol–water partition coefficient (Wildman–Crippen LogP) is 4.14. The second-order valence-electron chi connectivity index (χ2n) is 5.74. The Balaban J connectivity index is 1.90. The zero-order valence-electron chi connectivity index (χ0n) is 14.3. The van der Waals surface area contributed by atoms with E-state index in [-0.39, 0.29) is 12.3 Å². The van der Waals surface area contributed by atoms with Crippen LogP contribution >= 0.6 is 11.8 Å². The summed E-state index contributed by atoms with van der Waals surface area (Å²) in [5, 5.41) is 11.6. The third kappa shape index (κ3) is 6.63. The topological polar surface area (TPSA) is 66.4 Å². The molecule has 0 saturated heterocycles. The van der Waals surface area contributed by atoms with Gasteiger partial charge in [0.25, 0.3) is 0 Å². The van der Waals surface area contributed by atoms with Gasteiger partial charge in [-0.15, -0.1) is 0 Å². The summed E-state index contributed by atoms with van der Waals surface area (Å²) in [7, 11) is 0. The number of carboxylic acid groups (broad SMARTS) is 1. The Bertz CT molecular complexity index is 730. The molecule has 0 aliphatic heterocycles. The monoisotopic (exact) mass is 357 g/mol. The van der Waals surface area contributed by atoms with E-state index in [1.54, 1.807) is 11.8 Å². The molecule has 0 aromatic heterocycles. The highest BCUT2D eigenvalue weighted by atomic mass is 32.2. The number of aliphatic carboxylic acids is 1. The summed E-state index contributed by atoms with van der Waals surface area (Å²) >= 11 is 1.58. The maximum Gasteiger partial charge on any atom is 0.304 e. The van der Waals surface area contributed by atoms with Crippen LogP contribution in [0.15, 0.2) is 48.5 Å². The van der Waals surface area contributed by atoms with Gasteiger partial charge in [0.15, 0.2) is 0 Å². The number of amides is 1. The lowest BCUT2D eigenvalue weighted by Crippen LogP contribution is -2.15. The number of carbonyl (C=O) groups excluding carboxylic acids is 1. The molecule has 5 heteroatoms. The highest BCUT2D eigenvalue weighted by Gasteiger charge is 2.08. The Hall–Kier alpha value is -2.27. The van der Waals surface area contributed by atoms with Crippen LogP contribution in [-0.2, 0) is 28.2 Å². The maximum atomic E-state index is 12.3. The molecule has 0 aliphatic carbocycles. The molecular weight excluding hydrogens is 334 g/mol. The molecule has 0 bridgehead atoms. The summed E-state index contributed by atoms with van der Waals surface area (Å²) in [4.78, 5) is 22.8. The normalized spacial score (nSPS) is 10.4. The second-order valence-corrected chi connectivity index (χ2v) is 6.85. The van der Waals surface area contributed by atoms with Crippen molar-refractivity contribution in [3.63, 3.8) is 0 Å². The molecule has 0 atom stereocenters. The number of anilines is 1. The lowest BCUT2D eigenvalue weighted by molar-refractivity contribution is -0.136. The first kappa shape index (κ1) is 19.1. The number of nitrogens with one attached hydrogen (secondary N) is 1. The van der Waals surface area contributed by atoms with Crippen LogP contribution in [-0.4, -0.2) is 22.7 Å². The fraction of sp³-hybridized carbons (Fsp3) is 0.300. The van der Waals surface area contributed by atoms with E-state index in [0.717, 1.165) is 29.0 Å². The van der Waals surface area contributed by atoms with Crippen molar-refractivity contribution in [1.82, 2.24) is 0 Å². The second kappa shape index (κ2) is 9.89. The van der Waals surface area contributed by atoms with Gasteiger partial charge in [-0.2, -0.15) is 11.8 Å². The first-order chi connectivity index (χ1) is 12.1. The molecule has 0 heterocycles. The van der Waals surface area contributed by atoms with Gasteiger partial charge in [0.05, 0.1) is 12.8 Å². The largest absolute Gasteiger partial charge is 0.481 e. The SMILES string of the molecule is CCc1ccccc1CC(=O)Nc1cccc(CSCCC(=O)O)c1. The van der Waals surface area contributed by atoms with Crippen molar-refractivity contribution in [3.05, 3.63) is 65.2 Å². The molecular formula is C20H23NO3S. The summed E-state index contributed by atoms with van der Waals surface area (Å²) in [5.41, 5.74) is 4.10. The minimum atomic E-state index is -0.777. The predicted molar refractivity (Wildman–Crippen MR) is 103 cm³/mol. The number of rotatable bonds is 9. The Morgan fingerprint density at radius 1 is 1.08 bits per heavy atom. The first-order valence-electron chi connectivity index (χ1n) is 8.33. The average Bonchev–Trinajstić information content (AvgIpc) is 2.59. The lowest BCUT2D eigenvalue weighted by Gasteiger charge is -2.10. The van der Waals surface area contributed by atoms with Crippen molar-refractivity contribution in [1.29, 1.82) is 0 Å². The van der Waals surface area contributed by atoms with Crippen molar-refractivity contribution in [2.75, 3.05) is 11.1 Å². The van der Waals surface area contributed by atoms with Crippen LogP contribution in [0.3, 0.4) is 0 Å². The van der Waals surface area contributed by atoms with Gasteiger partial charge < -0.3 is 10.4 Å². The summed E-state index contributed by atoms with van der Waals surface area (Å²) < 4.78 is 0. The molecule has 2 N–H and O–H groups in total. The molecule has 0 aliphatic rings. The molecule has 0 saturated carbocycles. The summed E-state index contributed by atoms with van der Waals surface area (Å²) in [6.45, 7) is 2.09. The first-order valence-corrected chi connectivity index (χ1v) is 9.49. The van der Waals surface area contributed by atoms with Crippen molar-refractivity contribution in [2.24, 2.45) is 0 Å². The van der Waals surface area contributed by atoms with Crippen LogP contribution in [0.25, 0.3) is 0 Å². The quantitative estimate of drug-likeness (QED) is 0.662. The maximum absolute atomic E-state index is 12.3. The van der Waals surface area contributed by atoms with Crippen LogP contribution in [0.2, 0.25) is 0 Å².